The number of halogens is 1. The minimum absolute atomic E-state index is 0.173. The van der Waals surface area contributed by atoms with Gasteiger partial charge in [-0.2, -0.15) is 0 Å². The van der Waals surface area contributed by atoms with Crippen LogP contribution in [-0.2, 0) is 0 Å². The Labute approximate surface area is 133 Å². The largest absolute Gasteiger partial charge is 0.482 e. The molecule has 0 radical (unpaired) electrons. The molecule has 0 aliphatic heterocycles. The molecule has 0 fully saturated rings. The molecule has 1 heterocycles. The van der Waals surface area contributed by atoms with Crippen LogP contribution < -0.4 is 10.1 Å². The smallest absolute Gasteiger partial charge is 0.165 e. The van der Waals surface area contributed by atoms with Gasteiger partial charge in [-0.15, -0.1) is 11.3 Å². The highest BCUT2D eigenvalue weighted by atomic mass is 32.1. The maximum Gasteiger partial charge on any atom is 0.165 e. The van der Waals surface area contributed by atoms with Gasteiger partial charge in [0.2, 0.25) is 0 Å². The summed E-state index contributed by atoms with van der Waals surface area (Å²) in [6.45, 7) is 0.806. The molecule has 1 aromatic heterocycles. The Morgan fingerprint density at radius 1 is 1.14 bits per heavy atom. The van der Waals surface area contributed by atoms with Crippen LogP contribution in [0.2, 0.25) is 0 Å². The van der Waals surface area contributed by atoms with Gasteiger partial charge in [0.05, 0.1) is 0 Å². The maximum atomic E-state index is 14.3. The van der Waals surface area contributed by atoms with Gasteiger partial charge in [-0.25, -0.2) is 4.39 Å². The van der Waals surface area contributed by atoms with Crippen molar-refractivity contribution in [2.24, 2.45) is 0 Å². The third kappa shape index (κ3) is 3.13. The van der Waals surface area contributed by atoms with Crippen LogP contribution in [0.1, 0.15) is 18.1 Å². The lowest BCUT2D eigenvalue weighted by molar-refractivity contribution is 0.189. The fourth-order valence-electron chi connectivity index (χ4n) is 2.49. The second kappa shape index (κ2) is 6.90. The average molecular weight is 315 g/mol. The Kier molecular flexibility index (Phi) is 4.71. The molecular formula is C18H18FNOS. The number of hydrogen-bond donors (Lipinski definition) is 1. The van der Waals surface area contributed by atoms with E-state index in [-0.39, 0.29) is 11.9 Å². The van der Waals surface area contributed by atoms with Crippen LogP contribution in [0, 0.1) is 5.82 Å². The third-order valence-electron chi connectivity index (χ3n) is 3.63. The van der Waals surface area contributed by atoms with Crippen LogP contribution in [0.25, 0.3) is 10.1 Å². The van der Waals surface area contributed by atoms with Crippen molar-refractivity contribution in [3.63, 3.8) is 0 Å². The van der Waals surface area contributed by atoms with Crippen molar-refractivity contribution in [3.8, 4) is 5.75 Å². The summed E-state index contributed by atoms with van der Waals surface area (Å²) in [6, 6.07) is 15.2. The molecule has 0 unspecified atom stereocenters. The molecule has 0 saturated heterocycles. The molecule has 0 spiro atoms. The number of rotatable bonds is 6. The molecule has 0 aliphatic carbocycles. The molecule has 3 rings (SSSR count). The van der Waals surface area contributed by atoms with Crippen LogP contribution in [0.15, 0.2) is 53.9 Å². The van der Waals surface area contributed by atoms with Gasteiger partial charge in [-0.3, -0.25) is 0 Å². The van der Waals surface area contributed by atoms with Gasteiger partial charge in [0.25, 0.3) is 0 Å². The highest BCUT2D eigenvalue weighted by molar-refractivity contribution is 7.17. The lowest BCUT2D eigenvalue weighted by Crippen LogP contribution is -2.16. The molecule has 2 nitrogen and oxygen atoms in total. The quantitative estimate of drug-likeness (QED) is 0.707. The van der Waals surface area contributed by atoms with Gasteiger partial charge in [-0.05, 0) is 42.7 Å². The van der Waals surface area contributed by atoms with Crippen LogP contribution in [0.3, 0.4) is 0 Å². The Morgan fingerprint density at radius 3 is 2.73 bits per heavy atom. The molecule has 22 heavy (non-hydrogen) atoms. The number of thiophene rings is 1. The second-order valence-corrected chi connectivity index (χ2v) is 6.07. The van der Waals surface area contributed by atoms with E-state index >= 15 is 0 Å². The van der Waals surface area contributed by atoms with Gasteiger partial charge >= 0.3 is 0 Å². The van der Waals surface area contributed by atoms with Crippen molar-refractivity contribution in [1.29, 1.82) is 0 Å². The van der Waals surface area contributed by atoms with Crippen molar-refractivity contribution in [2.75, 3.05) is 13.6 Å². The van der Waals surface area contributed by atoms with E-state index in [9.17, 15) is 4.39 Å². The first-order valence-corrected chi connectivity index (χ1v) is 8.19. The predicted molar refractivity (Wildman–Crippen MR) is 90.1 cm³/mol. The summed E-state index contributed by atoms with van der Waals surface area (Å²) in [7, 11) is 1.90. The number of hydrogen-bond acceptors (Lipinski definition) is 3. The number of fused-ring (bicyclic) bond motifs is 1. The van der Waals surface area contributed by atoms with Gasteiger partial charge in [0.15, 0.2) is 11.6 Å². The van der Waals surface area contributed by atoms with Gasteiger partial charge in [0, 0.05) is 16.5 Å². The topological polar surface area (TPSA) is 21.3 Å². The fourth-order valence-corrected chi connectivity index (χ4v) is 3.27. The number of ether oxygens (including phenoxy) is 1. The fraction of sp³-hybridized carbons (Fsp3) is 0.222. The van der Waals surface area contributed by atoms with E-state index in [0.29, 0.717) is 5.75 Å². The molecule has 1 N–H and O–H groups in total. The lowest BCUT2D eigenvalue weighted by Gasteiger charge is -2.20. The summed E-state index contributed by atoms with van der Waals surface area (Å²) in [5.41, 5.74) is 1.06. The van der Waals surface area contributed by atoms with E-state index in [1.165, 1.54) is 6.07 Å². The summed E-state index contributed by atoms with van der Waals surface area (Å²) < 4.78 is 21.4. The Balaban J connectivity index is 1.95. The first-order chi connectivity index (χ1) is 10.8. The highest BCUT2D eigenvalue weighted by Crippen LogP contribution is 2.35. The standard InChI is InChI=1S/C18H18FNOS/c1-20-11-9-16(13-5-3-2-4-6-13)21-18-14-10-12-22-17(14)8-7-15(18)19/h2-8,10,12,16,20H,9,11H2,1H3/t16-/m1/s1. The van der Waals surface area contributed by atoms with E-state index < -0.39 is 0 Å². The lowest BCUT2D eigenvalue weighted by atomic mass is 10.1. The van der Waals surface area contributed by atoms with E-state index in [0.717, 1.165) is 28.6 Å². The van der Waals surface area contributed by atoms with Crippen LogP contribution >= 0.6 is 11.3 Å². The second-order valence-electron chi connectivity index (χ2n) is 5.12. The molecule has 0 bridgehead atoms. The van der Waals surface area contributed by atoms with Gasteiger partial charge in [-0.1, -0.05) is 30.3 Å². The van der Waals surface area contributed by atoms with Crippen molar-refractivity contribution < 1.29 is 9.13 Å². The predicted octanol–water partition coefficient (Wildman–Crippen LogP) is 4.77. The molecule has 0 aliphatic rings. The summed E-state index contributed by atoms with van der Waals surface area (Å²) >= 11 is 1.59. The summed E-state index contributed by atoms with van der Waals surface area (Å²) in [5, 5.41) is 5.93. The van der Waals surface area contributed by atoms with Crippen LogP contribution in [-0.4, -0.2) is 13.6 Å². The Bertz CT molecular complexity index is 741. The van der Waals surface area contributed by atoms with Crippen molar-refractivity contribution >= 4 is 21.4 Å². The maximum absolute atomic E-state index is 14.3. The Hall–Kier alpha value is -1.91. The number of benzene rings is 2. The van der Waals surface area contributed by atoms with E-state index in [4.69, 9.17) is 4.74 Å². The van der Waals surface area contributed by atoms with Crippen molar-refractivity contribution in [3.05, 3.63) is 65.3 Å². The summed E-state index contributed by atoms with van der Waals surface area (Å²) in [6.07, 6.45) is 0.606. The van der Waals surface area contributed by atoms with E-state index in [1.807, 2.05) is 48.8 Å². The molecule has 2 aromatic carbocycles. The monoisotopic (exact) mass is 315 g/mol. The van der Waals surface area contributed by atoms with Gasteiger partial charge in [0.1, 0.15) is 6.10 Å². The highest BCUT2D eigenvalue weighted by Gasteiger charge is 2.17. The normalized spacial score (nSPS) is 12.5. The van der Waals surface area contributed by atoms with Crippen LogP contribution in [0.5, 0.6) is 5.75 Å². The SMILES string of the molecule is CNCC[C@@H](Oc1c(F)ccc2sccc12)c1ccccc1. The third-order valence-corrected chi connectivity index (χ3v) is 4.51. The van der Waals surface area contributed by atoms with Crippen LogP contribution in [0.4, 0.5) is 4.39 Å². The molecule has 1 atom stereocenters. The summed E-state index contributed by atoms with van der Waals surface area (Å²) in [5.74, 6) is 0.0417. The first kappa shape index (κ1) is 15.0. The zero-order valence-electron chi connectivity index (χ0n) is 12.4. The molecule has 0 saturated carbocycles. The zero-order valence-corrected chi connectivity index (χ0v) is 13.2. The number of nitrogens with one attached hydrogen (secondary N) is 1. The molecule has 3 aromatic rings. The van der Waals surface area contributed by atoms with E-state index in [1.54, 1.807) is 17.4 Å². The summed E-state index contributed by atoms with van der Waals surface area (Å²) in [4.78, 5) is 0. The molecule has 114 valence electrons. The average Bonchev–Trinajstić information content (AvgIpc) is 3.03. The van der Waals surface area contributed by atoms with Crippen molar-refractivity contribution in [1.82, 2.24) is 5.32 Å². The van der Waals surface area contributed by atoms with E-state index in [2.05, 4.69) is 5.32 Å². The Morgan fingerprint density at radius 2 is 1.95 bits per heavy atom. The molecular weight excluding hydrogens is 297 g/mol. The minimum Gasteiger partial charge on any atom is -0.482 e. The molecule has 4 heteroatoms. The zero-order chi connectivity index (χ0) is 15.4. The van der Waals surface area contributed by atoms with Crippen molar-refractivity contribution in [2.45, 2.75) is 12.5 Å². The molecule has 0 amide bonds. The minimum atomic E-state index is -0.309. The van der Waals surface area contributed by atoms with Gasteiger partial charge < -0.3 is 10.1 Å². The first-order valence-electron chi connectivity index (χ1n) is 7.31.